The monoisotopic (exact) mass is 336 g/mol. The lowest BCUT2D eigenvalue weighted by molar-refractivity contribution is -0.112. The summed E-state index contributed by atoms with van der Waals surface area (Å²) in [6, 6.07) is 1.22. The zero-order valence-electron chi connectivity index (χ0n) is 10.7. The Morgan fingerprint density at radius 2 is 1.62 bits per heavy atom. The van der Waals surface area contributed by atoms with Gasteiger partial charge in [0.25, 0.3) is 26.1 Å². The summed E-state index contributed by atoms with van der Waals surface area (Å²) in [5.41, 5.74) is 4.46. The molecule has 0 aliphatic rings. The van der Waals surface area contributed by atoms with Crippen LogP contribution in [0.1, 0.15) is 6.92 Å². The van der Waals surface area contributed by atoms with E-state index in [-0.39, 0.29) is 5.57 Å². The van der Waals surface area contributed by atoms with Gasteiger partial charge in [-0.1, -0.05) is 6.58 Å². The van der Waals surface area contributed by atoms with Crippen LogP contribution in [0.15, 0.2) is 34.1 Å². The summed E-state index contributed by atoms with van der Waals surface area (Å²) in [5.74, 6) is -0.765. The summed E-state index contributed by atoms with van der Waals surface area (Å²) < 4.78 is 62.7. The Morgan fingerprint density at radius 1 is 1.14 bits per heavy atom. The van der Waals surface area contributed by atoms with Crippen molar-refractivity contribution in [2.24, 2.45) is 0 Å². The first kappa shape index (κ1) is 17.1. The van der Waals surface area contributed by atoms with Crippen molar-refractivity contribution in [3.05, 3.63) is 24.3 Å². The molecule has 0 fully saturated rings. The maximum atomic E-state index is 11.5. The first-order valence-corrected chi connectivity index (χ1v) is 8.07. The Bertz CT molecular complexity index is 825. The number of nitrogens with two attached hydrogens (primary N) is 1. The molecule has 0 aromatic heterocycles. The summed E-state index contributed by atoms with van der Waals surface area (Å²) in [5, 5.41) is 2.10. The highest BCUT2D eigenvalue weighted by Gasteiger charge is 2.24. The Labute approximate surface area is 121 Å². The highest BCUT2D eigenvalue weighted by Crippen LogP contribution is 2.30. The second kappa shape index (κ2) is 5.44. The van der Waals surface area contributed by atoms with Crippen LogP contribution in [-0.2, 0) is 25.0 Å². The van der Waals surface area contributed by atoms with Crippen molar-refractivity contribution < 1.29 is 30.7 Å². The Balaban J connectivity index is 3.63. The van der Waals surface area contributed by atoms with Crippen molar-refractivity contribution in [1.29, 1.82) is 0 Å². The number of carbonyl (C=O) groups is 1. The second-order valence-electron chi connectivity index (χ2n) is 4.07. The maximum Gasteiger partial charge on any atom is 0.296 e. The molecule has 0 aliphatic carbocycles. The quantitative estimate of drug-likeness (QED) is 0.346. The van der Waals surface area contributed by atoms with E-state index in [1.54, 1.807) is 0 Å². The van der Waals surface area contributed by atoms with Crippen molar-refractivity contribution in [2.45, 2.75) is 16.7 Å². The number of anilines is 2. The first-order chi connectivity index (χ1) is 9.34. The number of nitrogens with one attached hydrogen (secondary N) is 1. The molecule has 0 atom stereocenters. The van der Waals surface area contributed by atoms with E-state index in [1.807, 2.05) is 0 Å². The molecule has 0 saturated carbocycles. The largest absolute Gasteiger partial charge is 0.398 e. The average Bonchev–Trinajstić information content (AvgIpc) is 2.25. The lowest BCUT2D eigenvalue weighted by Gasteiger charge is -2.12. The molecule has 9 nitrogen and oxygen atoms in total. The fourth-order valence-electron chi connectivity index (χ4n) is 1.34. The minimum atomic E-state index is -4.88. The SMILES string of the molecule is C=C(C)C(=O)Nc1cc(N)c(S(=O)(=O)O)cc1S(=O)(=O)O. The maximum absolute atomic E-state index is 11.5. The van der Waals surface area contributed by atoms with E-state index < -0.39 is 47.3 Å². The van der Waals surface area contributed by atoms with Gasteiger partial charge in [-0.3, -0.25) is 13.9 Å². The summed E-state index contributed by atoms with van der Waals surface area (Å²) in [6.07, 6.45) is 0. The van der Waals surface area contributed by atoms with E-state index in [9.17, 15) is 21.6 Å². The molecule has 5 N–H and O–H groups in total. The lowest BCUT2D eigenvalue weighted by atomic mass is 10.2. The number of benzene rings is 1. The zero-order valence-corrected chi connectivity index (χ0v) is 12.3. The van der Waals surface area contributed by atoms with E-state index in [2.05, 4.69) is 11.9 Å². The number of hydrogen-bond acceptors (Lipinski definition) is 6. The van der Waals surface area contributed by atoms with Crippen LogP contribution in [0.25, 0.3) is 0 Å². The van der Waals surface area contributed by atoms with Gasteiger partial charge in [-0.25, -0.2) is 0 Å². The number of nitrogen functional groups attached to an aromatic ring is 1. The predicted molar refractivity (Wildman–Crippen MR) is 73.9 cm³/mol. The topological polar surface area (TPSA) is 164 Å². The van der Waals surface area contributed by atoms with Crippen LogP contribution in [0.3, 0.4) is 0 Å². The first-order valence-electron chi connectivity index (χ1n) is 5.19. The molecule has 1 aromatic rings. The number of hydrogen-bond donors (Lipinski definition) is 4. The van der Waals surface area contributed by atoms with Crippen molar-refractivity contribution in [2.75, 3.05) is 11.1 Å². The number of rotatable bonds is 4. The highest BCUT2D eigenvalue weighted by molar-refractivity contribution is 7.86. The van der Waals surface area contributed by atoms with Crippen LogP contribution in [0.4, 0.5) is 11.4 Å². The zero-order chi connectivity index (χ0) is 16.6. The molecular weight excluding hydrogens is 324 g/mol. The van der Waals surface area contributed by atoms with E-state index in [4.69, 9.17) is 14.8 Å². The molecule has 21 heavy (non-hydrogen) atoms. The molecule has 11 heteroatoms. The molecule has 1 rings (SSSR count). The third-order valence-electron chi connectivity index (χ3n) is 2.30. The molecule has 0 bridgehead atoms. The summed E-state index contributed by atoms with van der Waals surface area (Å²) in [6.45, 7) is 4.68. The molecule has 1 aromatic carbocycles. The van der Waals surface area contributed by atoms with Gasteiger partial charge < -0.3 is 11.1 Å². The van der Waals surface area contributed by atoms with Gasteiger partial charge in [0.1, 0.15) is 9.79 Å². The Kier molecular flexibility index (Phi) is 4.43. The van der Waals surface area contributed by atoms with E-state index >= 15 is 0 Å². The standard InChI is InChI=1S/C10H12N2O7S2/c1-5(2)10(13)12-7-3-6(11)8(20(14,15)16)4-9(7)21(17,18)19/h3-4H,1,11H2,2H3,(H,12,13)(H,14,15,16)(H,17,18,19). The van der Waals surface area contributed by atoms with E-state index in [0.717, 1.165) is 6.07 Å². The van der Waals surface area contributed by atoms with Gasteiger partial charge in [0, 0.05) is 5.57 Å². The Hall–Kier alpha value is -1.95. The van der Waals surface area contributed by atoms with Crippen molar-refractivity contribution >= 4 is 37.5 Å². The van der Waals surface area contributed by atoms with Crippen LogP contribution in [0.2, 0.25) is 0 Å². The van der Waals surface area contributed by atoms with Gasteiger partial charge in [0.2, 0.25) is 0 Å². The Morgan fingerprint density at radius 3 is 2.00 bits per heavy atom. The molecule has 0 saturated heterocycles. The molecule has 0 radical (unpaired) electrons. The van der Waals surface area contributed by atoms with Gasteiger partial charge in [-0.2, -0.15) is 16.8 Å². The smallest absolute Gasteiger partial charge is 0.296 e. The number of carbonyl (C=O) groups excluding carboxylic acids is 1. The summed E-state index contributed by atoms with van der Waals surface area (Å²) in [7, 11) is -9.69. The fourth-order valence-corrected chi connectivity index (χ4v) is 2.69. The second-order valence-corrected chi connectivity index (χ2v) is 6.85. The third-order valence-corrected chi connectivity index (χ3v) is 4.11. The van der Waals surface area contributed by atoms with Gasteiger partial charge in [0.15, 0.2) is 0 Å². The van der Waals surface area contributed by atoms with Crippen LogP contribution in [-0.4, -0.2) is 31.8 Å². The summed E-state index contributed by atoms with van der Waals surface area (Å²) in [4.78, 5) is 9.64. The van der Waals surface area contributed by atoms with E-state index in [1.165, 1.54) is 6.92 Å². The van der Waals surface area contributed by atoms with Crippen molar-refractivity contribution in [3.8, 4) is 0 Å². The molecule has 0 unspecified atom stereocenters. The molecule has 0 spiro atoms. The molecule has 1 amide bonds. The normalized spacial score (nSPS) is 12.0. The van der Waals surface area contributed by atoms with Crippen molar-refractivity contribution in [1.82, 2.24) is 0 Å². The van der Waals surface area contributed by atoms with Crippen LogP contribution in [0, 0.1) is 0 Å². The van der Waals surface area contributed by atoms with Gasteiger partial charge in [-0.05, 0) is 19.1 Å². The summed E-state index contributed by atoms with van der Waals surface area (Å²) >= 11 is 0. The highest BCUT2D eigenvalue weighted by atomic mass is 32.2. The van der Waals surface area contributed by atoms with Crippen LogP contribution < -0.4 is 11.1 Å². The number of amides is 1. The van der Waals surface area contributed by atoms with E-state index in [0.29, 0.717) is 6.07 Å². The minimum Gasteiger partial charge on any atom is -0.398 e. The van der Waals surface area contributed by atoms with Gasteiger partial charge >= 0.3 is 0 Å². The lowest BCUT2D eigenvalue weighted by Crippen LogP contribution is -2.16. The van der Waals surface area contributed by atoms with Crippen LogP contribution in [0.5, 0.6) is 0 Å². The fraction of sp³-hybridized carbons (Fsp3) is 0.100. The van der Waals surface area contributed by atoms with Crippen molar-refractivity contribution in [3.63, 3.8) is 0 Å². The minimum absolute atomic E-state index is 0.0358. The van der Waals surface area contributed by atoms with Gasteiger partial charge in [0.05, 0.1) is 11.4 Å². The average molecular weight is 336 g/mol. The molecular formula is C10H12N2O7S2. The molecule has 116 valence electrons. The van der Waals surface area contributed by atoms with Crippen LogP contribution >= 0.6 is 0 Å². The molecule has 0 aliphatic heterocycles. The molecule has 0 heterocycles. The van der Waals surface area contributed by atoms with Gasteiger partial charge in [-0.15, -0.1) is 0 Å². The third kappa shape index (κ3) is 4.01. The predicted octanol–water partition coefficient (Wildman–Crippen LogP) is 0.277.